The predicted molar refractivity (Wildman–Crippen MR) is 123 cm³/mol. The summed E-state index contributed by atoms with van der Waals surface area (Å²) >= 11 is 0. The summed E-state index contributed by atoms with van der Waals surface area (Å²) in [5, 5.41) is 7.41. The molecule has 1 aromatic heterocycles. The maximum atomic E-state index is 12.7. The standard InChI is InChI=1S/C25H27NO3.CHN/c1-17-8-4-5-9-20(17)22-16-24(27)29-23-15-19(10-11-21(22)23)14-18(2)25(28)26-12-6-3-7-13-26;1-2/h4-5,8-11,15-16,18H,3,6-7,12-14H2,1-2H3;1H. The van der Waals surface area contributed by atoms with Crippen LogP contribution in [0, 0.1) is 24.7 Å². The smallest absolute Gasteiger partial charge is 0.336 e. The highest BCUT2D eigenvalue weighted by atomic mass is 16.4. The summed E-state index contributed by atoms with van der Waals surface area (Å²) in [5.74, 6) is 0.136. The van der Waals surface area contributed by atoms with Crippen LogP contribution in [-0.4, -0.2) is 23.9 Å². The molecule has 1 aliphatic rings. The van der Waals surface area contributed by atoms with E-state index in [0.29, 0.717) is 12.0 Å². The van der Waals surface area contributed by atoms with Crippen LogP contribution in [0.5, 0.6) is 0 Å². The van der Waals surface area contributed by atoms with E-state index in [-0.39, 0.29) is 17.5 Å². The van der Waals surface area contributed by atoms with E-state index in [1.165, 1.54) is 6.42 Å². The molecular weight excluding hydrogens is 388 g/mol. The van der Waals surface area contributed by atoms with Gasteiger partial charge in [0.2, 0.25) is 5.91 Å². The van der Waals surface area contributed by atoms with Crippen molar-refractivity contribution in [1.29, 1.82) is 5.26 Å². The van der Waals surface area contributed by atoms with Crippen molar-refractivity contribution in [2.75, 3.05) is 13.1 Å². The molecule has 0 spiro atoms. The van der Waals surface area contributed by atoms with E-state index in [0.717, 1.165) is 53.6 Å². The van der Waals surface area contributed by atoms with Crippen LogP contribution < -0.4 is 5.63 Å². The molecule has 31 heavy (non-hydrogen) atoms. The summed E-state index contributed by atoms with van der Waals surface area (Å²) in [5.41, 5.74) is 4.27. The fourth-order valence-electron chi connectivity index (χ4n) is 4.30. The fourth-order valence-corrected chi connectivity index (χ4v) is 4.30. The van der Waals surface area contributed by atoms with Crippen LogP contribution in [0.2, 0.25) is 0 Å². The van der Waals surface area contributed by atoms with Crippen LogP contribution in [0.15, 0.2) is 57.7 Å². The second-order valence-electron chi connectivity index (χ2n) is 8.12. The SMILES string of the molecule is C#N.Cc1ccccc1-c1cc(=O)oc2cc(CC(C)C(=O)N3CCCCC3)ccc12. The van der Waals surface area contributed by atoms with Gasteiger partial charge in [-0.3, -0.25) is 4.79 Å². The Morgan fingerprint density at radius 3 is 2.48 bits per heavy atom. The molecule has 2 heterocycles. The lowest BCUT2D eigenvalue weighted by Crippen LogP contribution is -2.39. The number of benzene rings is 2. The largest absolute Gasteiger partial charge is 0.423 e. The molecule has 2 aromatic carbocycles. The van der Waals surface area contributed by atoms with Gasteiger partial charge in [-0.1, -0.05) is 43.3 Å². The molecule has 3 aromatic rings. The average Bonchev–Trinajstić information content (AvgIpc) is 2.80. The van der Waals surface area contributed by atoms with Crippen molar-refractivity contribution in [3.63, 3.8) is 0 Å². The number of piperidine rings is 1. The molecule has 0 aliphatic carbocycles. The molecule has 0 saturated carbocycles. The minimum Gasteiger partial charge on any atom is -0.423 e. The molecule has 1 unspecified atom stereocenters. The summed E-state index contributed by atoms with van der Waals surface area (Å²) in [6.07, 6.45) is 4.05. The lowest BCUT2D eigenvalue weighted by molar-refractivity contribution is -0.135. The maximum absolute atomic E-state index is 12.7. The van der Waals surface area contributed by atoms with Crippen LogP contribution in [0.3, 0.4) is 0 Å². The van der Waals surface area contributed by atoms with Gasteiger partial charge in [-0.2, -0.15) is 0 Å². The minimum absolute atomic E-state index is 0.0863. The van der Waals surface area contributed by atoms with Gasteiger partial charge in [0.1, 0.15) is 5.58 Å². The van der Waals surface area contributed by atoms with Crippen LogP contribution >= 0.6 is 0 Å². The highest BCUT2D eigenvalue weighted by Gasteiger charge is 2.22. The zero-order valence-electron chi connectivity index (χ0n) is 18.1. The number of carbonyl (C=O) groups excluding carboxylic acids is 1. The molecule has 4 rings (SSSR count). The van der Waals surface area contributed by atoms with Crippen molar-refractivity contribution < 1.29 is 9.21 Å². The molecule has 1 aliphatic heterocycles. The zero-order valence-corrected chi connectivity index (χ0v) is 18.1. The van der Waals surface area contributed by atoms with Crippen LogP contribution in [0.25, 0.3) is 22.1 Å². The van der Waals surface area contributed by atoms with Gasteiger partial charge in [-0.25, -0.2) is 10.1 Å². The first kappa shape index (κ1) is 22.3. The summed E-state index contributed by atoms with van der Waals surface area (Å²) in [6, 6.07) is 15.6. The number of aryl methyl sites for hydroxylation is 1. The summed E-state index contributed by atoms with van der Waals surface area (Å²) in [4.78, 5) is 27.0. The molecule has 1 atom stereocenters. The van der Waals surface area contributed by atoms with E-state index in [2.05, 4.69) is 6.57 Å². The van der Waals surface area contributed by atoms with Crippen molar-refractivity contribution in [3.05, 3.63) is 70.1 Å². The molecule has 0 radical (unpaired) electrons. The second-order valence-corrected chi connectivity index (χ2v) is 8.12. The van der Waals surface area contributed by atoms with Gasteiger partial charge in [0.05, 0.1) is 0 Å². The topological polar surface area (TPSA) is 74.3 Å². The van der Waals surface area contributed by atoms with Crippen LogP contribution in [-0.2, 0) is 11.2 Å². The minimum atomic E-state index is -0.356. The van der Waals surface area contributed by atoms with E-state index < -0.39 is 0 Å². The predicted octanol–water partition coefficient (Wildman–Crippen LogP) is 5.10. The van der Waals surface area contributed by atoms with Crippen LogP contribution in [0.1, 0.15) is 37.3 Å². The Morgan fingerprint density at radius 2 is 1.77 bits per heavy atom. The third kappa shape index (κ3) is 5.03. The highest BCUT2D eigenvalue weighted by Crippen LogP contribution is 2.30. The number of carbonyl (C=O) groups is 1. The fraction of sp³-hybridized carbons (Fsp3) is 0.346. The van der Waals surface area contributed by atoms with E-state index in [1.807, 2.05) is 61.2 Å². The Balaban J connectivity index is 0.00000132. The zero-order chi connectivity index (χ0) is 22.4. The molecule has 160 valence electrons. The Kier molecular flexibility index (Phi) is 7.25. The number of hydrogen-bond acceptors (Lipinski definition) is 4. The van der Waals surface area contributed by atoms with Crippen molar-refractivity contribution in [2.45, 2.75) is 39.5 Å². The van der Waals surface area contributed by atoms with Gasteiger partial charge < -0.3 is 9.32 Å². The van der Waals surface area contributed by atoms with Gasteiger partial charge in [0.25, 0.3) is 0 Å². The Bertz CT molecular complexity index is 1140. The number of nitriles is 1. The second kappa shape index (κ2) is 10.1. The highest BCUT2D eigenvalue weighted by molar-refractivity contribution is 5.94. The molecule has 5 nitrogen and oxygen atoms in total. The number of rotatable bonds is 4. The Morgan fingerprint density at radius 1 is 1.06 bits per heavy atom. The van der Waals surface area contributed by atoms with Gasteiger partial charge in [0.15, 0.2) is 0 Å². The lowest BCUT2D eigenvalue weighted by atomic mass is 9.95. The van der Waals surface area contributed by atoms with Crippen molar-refractivity contribution >= 4 is 16.9 Å². The number of amides is 1. The number of nitrogens with zero attached hydrogens (tertiary/aromatic N) is 2. The number of hydrogen-bond donors (Lipinski definition) is 0. The Hall–Kier alpha value is -3.39. The third-order valence-electron chi connectivity index (χ3n) is 5.88. The molecule has 1 fully saturated rings. The first-order valence-corrected chi connectivity index (χ1v) is 10.7. The summed E-state index contributed by atoms with van der Waals surface area (Å²) in [7, 11) is 0. The van der Waals surface area contributed by atoms with E-state index in [4.69, 9.17) is 9.68 Å². The average molecular weight is 417 g/mol. The normalized spacial score (nSPS) is 14.5. The van der Waals surface area contributed by atoms with Gasteiger partial charge in [-0.05, 0) is 55.4 Å². The summed E-state index contributed by atoms with van der Waals surface area (Å²) < 4.78 is 5.51. The molecular formula is C26H28N2O3. The summed E-state index contributed by atoms with van der Waals surface area (Å²) in [6.45, 7) is 9.27. The number of fused-ring (bicyclic) bond motifs is 1. The number of likely N-dealkylation sites (tertiary alicyclic amines) is 1. The van der Waals surface area contributed by atoms with Crippen molar-refractivity contribution in [3.8, 4) is 17.7 Å². The van der Waals surface area contributed by atoms with Crippen LogP contribution in [0.4, 0.5) is 0 Å². The first-order chi connectivity index (χ1) is 15.0. The van der Waals surface area contributed by atoms with Crippen molar-refractivity contribution in [1.82, 2.24) is 4.90 Å². The van der Waals surface area contributed by atoms with Crippen molar-refractivity contribution in [2.24, 2.45) is 5.92 Å². The monoisotopic (exact) mass is 416 g/mol. The van der Waals surface area contributed by atoms with Gasteiger partial charge in [-0.15, -0.1) is 0 Å². The quantitative estimate of drug-likeness (QED) is 0.555. The molecule has 5 heteroatoms. The molecule has 0 bridgehead atoms. The molecule has 0 N–H and O–H groups in total. The third-order valence-corrected chi connectivity index (χ3v) is 5.88. The van der Waals surface area contributed by atoms with Gasteiger partial charge >= 0.3 is 5.63 Å². The molecule has 1 amide bonds. The first-order valence-electron chi connectivity index (χ1n) is 10.7. The Labute approximate surface area is 182 Å². The van der Waals surface area contributed by atoms with Gasteiger partial charge in [0, 0.05) is 42.6 Å². The van der Waals surface area contributed by atoms with E-state index >= 15 is 0 Å². The lowest BCUT2D eigenvalue weighted by Gasteiger charge is -2.29. The molecule has 1 saturated heterocycles. The van der Waals surface area contributed by atoms with E-state index in [1.54, 1.807) is 6.07 Å². The maximum Gasteiger partial charge on any atom is 0.336 e. The van der Waals surface area contributed by atoms with E-state index in [9.17, 15) is 9.59 Å².